The Bertz CT molecular complexity index is 712. The maximum atomic E-state index is 13.1. The molecule has 0 atom stereocenters. The van der Waals surface area contributed by atoms with E-state index in [0.29, 0.717) is 17.8 Å². The van der Waals surface area contributed by atoms with Crippen molar-refractivity contribution in [2.75, 3.05) is 4.72 Å². The lowest BCUT2D eigenvalue weighted by atomic mass is 10.2. The molecule has 0 radical (unpaired) electrons. The number of halogens is 1. The fraction of sp³-hybridized carbons (Fsp3) is 0.143. The molecule has 0 saturated heterocycles. The SMILES string of the molecule is Cc1cc(NS(=O)(=O)c2ccc(CN)cc2)ccc1F. The van der Waals surface area contributed by atoms with E-state index in [-0.39, 0.29) is 10.7 Å². The normalized spacial score (nSPS) is 11.3. The van der Waals surface area contributed by atoms with E-state index < -0.39 is 10.0 Å². The predicted molar refractivity (Wildman–Crippen MR) is 76.3 cm³/mol. The Morgan fingerprint density at radius 3 is 2.35 bits per heavy atom. The van der Waals surface area contributed by atoms with Gasteiger partial charge in [-0.15, -0.1) is 0 Å². The number of nitrogens with two attached hydrogens (primary N) is 1. The summed E-state index contributed by atoms with van der Waals surface area (Å²) in [6.07, 6.45) is 0. The zero-order valence-electron chi connectivity index (χ0n) is 10.9. The highest BCUT2D eigenvalue weighted by atomic mass is 32.2. The average Bonchev–Trinajstić information content (AvgIpc) is 2.43. The van der Waals surface area contributed by atoms with Crippen molar-refractivity contribution in [1.82, 2.24) is 0 Å². The van der Waals surface area contributed by atoms with Gasteiger partial charge in [-0.1, -0.05) is 12.1 Å². The third-order valence-electron chi connectivity index (χ3n) is 2.88. The zero-order chi connectivity index (χ0) is 14.8. The molecule has 2 aromatic rings. The molecule has 0 amide bonds. The van der Waals surface area contributed by atoms with Crippen LogP contribution in [-0.4, -0.2) is 8.42 Å². The number of aryl methyl sites for hydroxylation is 1. The highest BCUT2D eigenvalue weighted by Crippen LogP contribution is 2.19. The maximum absolute atomic E-state index is 13.1. The second kappa shape index (κ2) is 5.60. The number of anilines is 1. The molecule has 2 aromatic carbocycles. The van der Waals surface area contributed by atoms with E-state index in [2.05, 4.69) is 4.72 Å². The van der Waals surface area contributed by atoms with Gasteiger partial charge in [-0.25, -0.2) is 12.8 Å². The molecule has 0 bridgehead atoms. The van der Waals surface area contributed by atoms with E-state index in [1.807, 2.05) is 0 Å². The van der Waals surface area contributed by atoms with Crippen molar-refractivity contribution in [3.05, 3.63) is 59.4 Å². The second-order valence-corrected chi connectivity index (χ2v) is 6.10. The summed E-state index contributed by atoms with van der Waals surface area (Å²) in [5.74, 6) is -0.375. The first-order chi connectivity index (χ1) is 9.42. The molecule has 3 N–H and O–H groups in total. The monoisotopic (exact) mass is 294 g/mol. The molecule has 0 fully saturated rings. The van der Waals surface area contributed by atoms with Crippen LogP contribution in [0.1, 0.15) is 11.1 Å². The average molecular weight is 294 g/mol. The summed E-state index contributed by atoms with van der Waals surface area (Å²) in [6.45, 7) is 1.92. The van der Waals surface area contributed by atoms with E-state index in [0.717, 1.165) is 5.56 Å². The fourth-order valence-electron chi connectivity index (χ4n) is 1.73. The van der Waals surface area contributed by atoms with Gasteiger partial charge in [0, 0.05) is 12.2 Å². The van der Waals surface area contributed by atoms with Crippen molar-refractivity contribution >= 4 is 15.7 Å². The van der Waals surface area contributed by atoms with E-state index in [9.17, 15) is 12.8 Å². The smallest absolute Gasteiger partial charge is 0.261 e. The van der Waals surface area contributed by atoms with Crippen molar-refractivity contribution in [2.45, 2.75) is 18.4 Å². The topological polar surface area (TPSA) is 72.2 Å². The quantitative estimate of drug-likeness (QED) is 0.909. The summed E-state index contributed by atoms with van der Waals surface area (Å²) in [7, 11) is -3.68. The first kappa shape index (κ1) is 14.5. The first-order valence-corrected chi connectivity index (χ1v) is 7.48. The summed E-state index contributed by atoms with van der Waals surface area (Å²) < 4.78 is 39.9. The molecule has 0 aromatic heterocycles. The Labute approximate surface area is 117 Å². The highest BCUT2D eigenvalue weighted by molar-refractivity contribution is 7.92. The van der Waals surface area contributed by atoms with Crippen molar-refractivity contribution in [2.24, 2.45) is 5.73 Å². The van der Waals surface area contributed by atoms with Gasteiger partial charge in [-0.2, -0.15) is 0 Å². The Kier molecular flexibility index (Phi) is 4.06. The Balaban J connectivity index is 2.27. The molecule has 0 unspecified atom stereocenters. The minimum atomic E-state index is -3.68. The Hall–Kier alpha value is -1.92. The van der Waals surface area contributed by atoms with Crippen LogP contribution < -0.4 is 10.5 Å². The third kappa shape index (κ3) is 3.15. The lowest BCUT2D eigenvalue weighted by Crippen LogP contribution is -2.13. The van der Waals surface area contributed by atoms with Crippen LogP contribution in [0.4, 0.5) is 10.1 Å². The summed E-state index contributed by atoms with van der Waals surface area (Å²) >= 11 is 0. The summed E-state index contributed by atoms with van der Waals surface area (Å²) in [6, 6.07) is 10.3. The van der Waals surface area contributed by atoms with Gasteiger partial charge < -0.3 is 5.73 Å². The minimum Gasteiger partial charge on any atom is -0.326 e. The van der Waals surface area contributed by atoms with Crippen molar-refractivity contribution in [1.29, 1.82) is 0 Å². The van der Waals surface area contributed by atoms with Crippen LogP contribution in [0.3, 0.4) is 0 Å². The largest absolute Gasteiger partial charge is 0.326 e. The Morgan fingerprint density at radius 2 is 1.80 bits per heavy atom. The van der Waals surface area contributed by atoms with Crippen LogP contribution in [0.25, 0.3) is 0 Å². The highest BCUT2D eigenvalue weighted by Gasteiger charge is 2.14. The van der Waals surface area contributed by atoms with Gasteiger partial charge in [0.25, 0.3) is 10.0 Å². The Morgan fingerprint density at radius 1 is 1.15 bits per heavy atom. The molecule has 0 spiro atoms. The van der Waals surface area contributed by atoms with Gasteiger partial charge >= 0.3 is 0 Å². The molecule has 0 aliphatic rings. The molecule has 4 nitrogen and oxygen atoms in total. The molecule has 0 aliphatic carbocycles. The summed E-state index contributed by atoms with van der Waals surface area (Å²) in [5.41, 5.74) is 7.02. The van der Waals surface area contributed by atoms with Gasteiger partial charge in [-0.3, -0.25) is 4.72 Å². The zero-order valence-corrected chi connectivity index (χ0v) is 11.7. The third-order valence-corrected chi connectivity index (χ3v) is 4.28. The predicted octanol–water partition coefficient (Wildman–Crippen LogP) is 2.39. The van der Waals surface area contributed by atoms with Crippen LogP contribution in [0.2, 0.25) is 0 Å². The van der Waals surface area contributed by atoms with Crippen LogP contribution >= 0.6 is 0 Å². The van der Waals surface area contributed by atoms with Crippen molar-refractivity contribution in [3.63, 3.8) is 0 Å². The van der Waals surface area contributed by atoms with Crippen LogP contribution in [0.5, 0.6) is 0 Å². The lowest BCUT2D eigenvalue weighted by Gasteiger charge is -2.09. The van der Waals surface area contributed by atoms with Gasteiger partial charge in [0.1, 0.15) is 5.82 Å². The van der Waals surface area contributed by atoms with Gasteiger partial charge in [-0.05, 0) is 48.4 Å². The summed E-state index contributed by atoms with van der Waals surface area (Å²) in [4.78, 5) is 0.136. The molecular formula is C14H15FN2O2S. The standard InChI is InChI=1S/C14H15FN2O2S/c1-10-8-12(4-7-14(10)15)17-20(18,19)13-5-2-11(9-16)3-6-13/h2-8,17H,9,16H2,1H3. The molecular weight excluding hydrogens is 279 g/mol. The van der Waals surface area contributed by atoms with Crippen LogP contribution in [0.15, 0.2) is 47.4 Å². The lowest BCUT2D eigenvalue weighted by molar-refractivity contribution is 0.600. The number of hydrogen-bond donors (Lipinski definition) is 2. The molecule has 2 rings (SSSR count). The maximum Gasteiger partial charge on any atom is 0.261 e. The van der Waals surface area contributed by atoms with Crippen molar-refractivity contribution in [3.8, 4) is 0 Å². The number of sulfonamides is 1. The van der Waals surface area contributed by atoms with Gasteiger partial charge in [0.05, 0.1) is 4.90 Å². The number of hydrogen-bond acceptors (Lipinski definition) is 3. The molecule has 6 heteroatoms. The van der Waals surface area contributed by atoms with Gasteiger partial charge in [0.15, 0.2) is 0 Å². The molecule has 0 heterocycles. The van der Waals surface area contributed by atoms with Crippen LogP contribution in [-0.2, 0) is 16.6 Å². The van der Waals surface area contributed by atoms with E-state index in [4.69, 9.17) is 5.73 Å². The molecule has 0 aliphatic heterocycles. The van der Waals surface area contributed by atoms with E-state index >= 15 is 0 Å². The van der Waals surface area contributed by atoms with E-state index in [1.54, 1.807) is 19.1 Å². The van der Waals surface area contributed by atoms with Crippen molar-refractivity contribution < 1.29 is 12.8 Å². The fourth-order valence-corrected chi connectivity index (χ4v) is 2.78. The molecule has 0 saturated carbocycles. The van der Waals surface area contributed by atoms with Gasteiger partial charge in [0.2, 0.25) is 0 Å². The van der Waals surface area contributed by atoms with Crippen LogP contribution in [0, 0.1) is 12.7 Å². The second-order valence-electron chi connectivity index (χ2n) is 4.42. The number of benzene rings is 2. The minimum absolute atomic E-state index is 0.136. The summed E-state index contributed by atoms with van der Waals surface area (Å²) in [5, 5.41) is 0. The molecule has 106 valence electrons. The first-order valence-electron chi connectivity index (χ1n) is 6.00. The molecule has 20 heavy (non-hydrogen) atoms. The van der Waals surface area contributed by atoms with E-state index in [1.165, 1.54) is 30.3 Å². The number of nitrogens with one attached hydrogen (secondary N) is 1. The number of rotatable bonds is 4.